The summed E-state index contributed by atoms with van der Waals surface area (Å²) < 4.78 is 5.37. The Balaban J connectivity index is 1.77. The molecule has 0 aromatic rings. The highest BCUT2D eigenvalue weighted by atomic mass is 16.5. The van der Waals surface area contributed by atoms with Crippen molar-refractivity contribution in [3.8, 4) is 0 Å². The van der Waals surface area contributed by atoms with Crippen LogP contribution in [0.1, 0.15) is 19.3 Å². The van der Waals surface area contributed by atoms with E-state index in [-0.39, 0.29) is 5.41 Å². The second-order valence-corrected chi connectivity index (χ2v) is 5.64. The van der Waals surface area contributed by atoms with Crippen LogP contribution in [0.2, 0.25) is 0 Å². The smallest absolute Gasteiger partial charge is 0.0594 e. The number of hydrogen-bond donors (Lipinski definition) is 2. The Morgan fingerprint density at radius 2 is 2.05 bits per heavy atom. The highest BCUT2D eigenvalue weighted by Crippen LogP contribution is 2.33. The maximum atomic E-state index is 6.00. The summed E-state index contributed by atoms with van der Waals surface area (Å²) in [6.07, 6.45) is 10.1. The van der Waals surface area contributed by atoms with Crippen LogP contribution in [0.15, 0.2) is 23.8 Å². The van der Waals surface area contributed by atoms with Gasteiger partial charge in [-0.05, 0) is 31.4 Å². The van der Waals surface area contributed by atoms with Gasteiger partial charge in [0.2, 0.25) is 0 Å². The van der Waals surface area contributed by atoms with Gasteiger partial charge in [0.25, 0.3) is 0 Å². The number of rotatable bonds is 6. The van der Waals surface area contributed by atoms with Crippen LogP contribution in [-0.2, 0) is 4.74 Å². The maximum Gasteiger partial charge on any atom is 0.0594 e. The lowest BCUT2D eigenvalue weighted by Crippen LogP contribution is -2.38. The van der Waals surface area contributed by atoms with E-state index in [1.165, 1.54) is 12.0 Å². The molecule has 1 saturated heterocycles. The van der Waals surface area contributed by atoms with Gasteiger partial charge >= 0.3 is 0 Å². The number of nitrogens with zero attached hydrogens (tertiary/aromatic N) is 1. The van der Waals surface area contributed by atoms with Crippen LogP contribution in [0.3, 0.4) is 0 Å². The van der Waals surface area contributed by atoms with Gasteiger partial charge in [-0.1, -0.05) is 18.2 Å². The third-order valence-electron chi connectivity index (χ3n) is 4.32. The van der Waals surface area contributed by atoms with E-state index in [9.17, 15) is 0 Å². The van der Waals surface area contributed by atoms with Crippen molar-refractivity contribution in [2.45, 2.75) is 19.3 Å². The standard InChI is InChI=1S/C15H27N3O/c16-12-14-2-5-15(13-17,6-3-14)4-1-7-18-8-10-19-11-9-18/h2-3,5H,1,4,6-13,16-17H2. The molecule has 4 N–H and O–H groups in total. The average Bonchev–Trinajstić information content (AvgIpc) is 2.49. The zero-order chi connectivity index (χ0) is 13.6. The SMILES string of the molecule is NCC1=CCC(CN)(CCCN2CCOCC2)C=C1. The summed E-state index contributed by atoms with van der Waals surface area (Å²) >= 11 is 0. The Morgan fingerprint density at radius 3 is 2.63 bits per heavy atom. The van der Waals surface area contributed by atoms with Gasteiger partial charge in [0, 0.05) is 31.6 Å². The normalized spacial score (nSPS) is 28.4. The number of morpholine rings is 1. The molecule has 1 aliphatic carbocycles. The lowest BCUT2D eigenvalue weighted by molar-refractivity contribution is 0.0361. The highest BCUT2D eigenvalue weighted by Gasteiger charge is 2.26. The Labute approximate surface area is 116 Å². The van der Waals surface area contributed by atoms with Crippen molar-refractivity contribution >= 4 is 0 Å². The molecule has 0 aromatic carbocycles. The molecule has 1 atom stereocenters. The summed E-state index contributed by atoms with van der Waals surface area (Å²) in [6.45, 7) is 6.42. The molecule has 4 nitrogen and oxygen atoms in total. The van der Waals surface area contributed by atoms with Crippen LogP contribution < -0.4 is 11.5 Å². The van der Waals surface area contributed by atoms with Crippen LogP contribution in [0.25, 0.3) is 0 Å². The summed E-state index contributed by atoms with van der Waals surface area (Å²) in [7, 11) is 0. The lowest BCUT2D eigenvalue weighted by Gasteiger charge is -2.33. The zero-order valence-corrected chi connectivity index (χ0v) is 11.8. The van der Waals surface area contributed by atoms with Crippen molar-refractivity contribution in [2.75, 3.05) is 45.9 Å². The predicted molar refractivity (Wildman–Crippen MR) is 78.9 cm³/mol. The van der Waals surface area contributed by atoms with E-state index in [2.05, 4.69) is 23.1 Å². The zero-order valence-electron chi connectivity index (χ0n) is 11.8. The fraction of sp³-hybridized carbons (Fsp3) is 0.733. The van der Waals surface area contributed by atoms with Crippen LogP contribution in [0.4, 0.5) is 0 Å². The van der Waals surface area contributed by atoms with Crippen molar-refractivity contribution in [2.24, 2.45) is 16.9 Å². The minimum atomic E-state index is 0.158. The molecule has 2 aliphatic rings. The molecular formula is C15H27N3O. The number of ether oxygens (including phenoxy) is 1. The first-order valence-electron chi connectivity index (χ1n) is 7.36. The largest absolute Gasteiger partial charge is 0.379 e. The van der Waals surface area contributed by atoms with Crippen LogP contribution in [0.5, 0.6) is 0 Å². The minimum absolute atomic E-state index is 0.158. The first-order valence-corrected chi connectivity index (χ1v) is 7.36. The van der Waals surface area contributed by atoms with Crippen LogP contribution in [0, 0.1) is 5.41 Å². The summed E-state index contributed by atoms with van der Waals surface area (Å²) in [5, 5.41) is 0. The molecule has 1 aliphatic heterocycles. The lowest BCUT2D eigenvalue weighted by atomic mass is 9.76. The fourth-order valence-electron chi connectivity index (χ4n) is 2.82. The van der Waals surface area contributed by atoms with E-state index in [1.807, 2.05) is 0 Å². The molecule has 4 heteroatoms. The minimum Gasteiger partial charge on any atom is -0.379 e. The summed E-state index contributed by atoms with van der Waals surface area (Å²) in [6, 6.07) is 0. The first-order chi connectivity index (χ1) is 9.28. The number of nitrogens with two attached hydrogens (primary N) is 2. The molecular weight excluding hydrogens is 238 g/mol. The van der Waals surface area contributed by atoms with Crippen molar-refractivity contribution in [3.05, 3.63) is 23.8 Å². The topological polar surface area (TPSA) is 64.5 Å². The van der Waals surface area contributed by atoms with Crippen LogP contribution in [-0.4, -0.2) is 50.8 Å². The van der Waals surface area contributed by atoms with Crippen LogP contribution >= 0.6 is 0 Å². The second-order valence-electron chi connectivity index (χ2n) is 5.64. The molecule has 2 rings (SSSR count). The van der Waals surface area contributed by atoms with Gasteiger partial charge in [-0.2, -0.15) is 0 Å². The monoisotopic (exact) mass is 265 g/mol. The molecule has 0 aromatic heterocycles. The Kier molecular flexibility index (Phi) is 5.58. The van der Waals surface area contributed by atoms with Gasteiger partial charge in [0.05, 0.1) is 13.2 Å². The van der Waals surface area contributed by atoms with Crippen molar-refractivity contribution < 1.29 is 4.74 Å². The Morgan fingerprint density at radius 1 is 1.26 bits per heavy atom. The average molecular weight is 265 g/mol. The van der Waals surface area contributed by atoms with Gasteiger partial charge in [0.1, 0.15) is 0 Å². The van der Waals surface area contributed by atoms with E-state index in [0.29, 0.717) is 6.54 Å². The van der Waals surface area contributed by atoms with E-state index in [4.69, 9.17) is 16.2 Å². The summed E-state index contributed by atoms with van der Waals surface area (Å²) in [4.78, 5) is 2.49. The van der Waals surface area contributed by atoms with Gasteiger partial charge in [-0.15, -0.1) is 0 Å². The molecule has 0 saturated carbocycles. The molecule has 19 heavy (non-hydrogen) atoms. The molecule has 0 spiro atoms. The summed E-state index contributed by atoms with van der Waals surface area (Å²) in [5.41, 5.74) is 13.1. The molecule has 0 radical (unpaired) electrons. The quantitative estimate of drug-likeness (QED) is 0.748. The third-order valence-corrected chi connectivity index (χ3v) is 4.32. The second kappa shape index (κ2) is 7.20. The predicted octanol–water partition coefficient (Wildman–Crippen LogP) is 0.889. The molecule has 1 heterocycles. The molecule has 108 valence electrons. The van der Waals surface area contributed by atoms with E-state index >= 15 is 0 Å². The summed E-state index contributed by atoms with van der Waals surface area (Å²) in [5.74, 6) is 0. The van der Waals surface area contributed by atoms with Gasteiger partial charge in [-0.3, -0.25) is 4.90 Å². The fourth-order valence-corrected chi connectivity index (χ4v) is 2.82. The number of hydrogen-bond acceptors (Lipinski definition) is 4. The Hall–Kier alpha value is -0.680. The van der Waals surface area contributed by atoms with Gasteiger partial charge < -0.3 is 16.2 Å². The van der Waals surface area contributed by atoms with Gasteiger partial charge in [-0.25, -0.2) is 0 Å². The van der Waals surface area contributed by atoms with E-state index in [0.717, 1.165) is 52.2 Å². The first kappa shape index (κ1) is 14.7. The highest BCUT2D eigenvalue weighted by molar-refractivity contribution is 5.27. The van der Waals surface area contributed by atoms with Crippen molar-refractivity contribution in [1.29, 1.82) is 0 Å². The molecule has 0 bridgehead atoms. The molecule has 0 amide bonds. The third kappa shape index (κ3) is 4.14. The van der Waals surface area contributed by atoms with Gasteiger partial charge in [0.15, 0.2) is 0 Å². The maximum absolute atomic E-state index is 6.00. The Bertz CT molecular complexity index is 334. The van der Waals surface area contributed by atoms with E-state index < -0.39 is 0 Å². The molecule has 1 unspecified atom stereocenters. The van der Waals surface area contributed by atoms with Crippen molar-refractivity contribution in [3.63, 3.8) is 0 Å². The van der Waals surface area contributed by atoms with E-state index in [1.54, 1.807) is 0 Å². The van der Waals surface area contributed by atoms with Crippen molar-refractivity contribution in [1.82, 2.24) is 4.90 Å². The molecule has 1 fully saturated rings. The number of allylic oxidation sites excluding steroid dienone is 1.